The molecule has 0 amide bonds. The van der Waals surface area contributed by atoms with E-state index in [0.717, 1.165) is 46.7 Å². The van der Waals surface area contributed by atoms with Crippen molar-refractivity contribution in [3.63, 3.8) is 0 Å². The van der Waals surface area contributed by atoms with Gasteiger partial charge >= 0.3 is 5.97 Å². The number of hydrogen-bond donors (Lipinski definition) is 1. The summed E-state index contributed by atoms with van der Waals surface area (Å²) < 4.78 is 17.4. The third kappa shape index (κ3) is 3.61. The predicted octanol–water partition coefficient (Wildman–Crippen LogP) is 6.03. The zero-order valence-electron chi connectivity index (χ0n) is 18.4. The van der Waals surface area contributed by atoms with Crippen LogP contribution >= 0.6 is 0 Å². The fourth-order valence-corrected chi connectivity index (χ4v) is 5.15. The minimum Gasteiger partial charge on any atom is -0.492 e. The van der Waals surface area contributed by atoms with Crippen molar-refractivity contribution >= 4 is 5.97 Å². The lowest BCUT2D eigenvalue weighted by Gasteiger charge is -2.17. The first kappa shape index (κ1) is 20.5. The number of aromatic nitrogens is 1. The van der Waals surface area contributed by atoms with Crippen LogP contribution in [0.3, 0.4) is 0 Å². The third-order valence-corrected chi connectivity index (χ3v) is 6.71. The lowest BCUT2D eigenvalue weighted by molar-refractivity contribution is -0.137. The molecule has 6 nitrogen and oxygen atoms in total. The molecule has 1 aromatic heterocycles. The van der Waals surface area contributed by atoms with Gasteiger partial charge in [0.25, 0.3) is 0 Å². The van der Waals surface area contributed by atoms with Crippen molar-refractivity contribution in [2.75, 3.05) is 6.61 Å². The normalized spacial score (nSPS) is 18.2. The Morgan fingerprint density at radius 2 is 1.88 bits per heavy atom. The maximum absolute atomic E-state index is 11.1. The molecule has 0 unspecified atom stereocenters. The number of hydrogen-bond acceptors (Lipinski definition) is 5. The Morgan fingerprint density at radius 1 is 1.03 bits per heavy atom. The fourth-order valence-electron chi connectivity index (χ4n) is 5.15. The number of oxazole rings is 1. The van der Waals surface area contributed by atoms with Crippen LogP contribution in [0.4, 0.5) is 0 Å². The van der Waals surface area contributed by atoms with Crippen molar-refractivity contribution in [3.05, 3.63) is 90.0 Å². The van der Waals surface area contributed by atoms with Crippen molar-refractivity contribution in [3.8, 4) is 33.9 Å². The van der Waals surface area contributed by atoms with Crippen molar-refractivity contribution in [1.29, 1.82) is 0 Å². The Bertz CT molecular complexity index is 1360. The zero-order valence-corrected chi connectivity index (χ0v) is 18.4. The highest BCUT2D eigenvalue weighted by atomic mass is 16.5. The number of benzene rings is 3. The molecule has 6 rings (SSSR count). The molecule has 1 N–H and O–H groups in total. The summed E-state index contributed by atoms with van der Waals surface area (Å²) in [6, 6.07) is 20.4. The molecule has 2 aliphatic rings. The first-order valence-corrected chi connectivity index (χ1v) is 11.4. The monoisotopic (exact) mass is 453 g/mol. The number of rotatable bonds is 6. The van der Waals surface area contributed by atoms with Crippen LogP contribution in [-0.2, 0) is 11.2 Å². The molecule has 0 saturated carbocycles. The Balaban J connectivity index is 1.29. The third-order valence-electron chi connectivity index (χ3n) is 6.71. The number of carboxylic acids is 1. The van der Waals surface area contributed by atoms with Gasteiger partial charge < -0.3 is 19.0 Å². The number of carboxylic acid groups (broad SMARTS) is 1. The first-order valence-electron chi connectivity index (χ1n) is 11.4. The van der Waals surface area contributed by atoms with Gasteiger partial charge in [0.15, 0.2) is 6.39 Å². The van der Waals surface area contributed by atoms with E-state index in [1.54, 1.807) is 6.26 Å². The van der Waals surface area contributed by atoms with Crippen molar-refractivity contribution in [2.45, 2.75) is 31.3 Å². The molecule has 170 valence electrons. The summed E-state index contributed by atoms with van der Waals surface area (Å²) >= 11 is 0. The van der Waals surface area contributed by atoms with Gasteiger partial charge in [0.1, 0.15) is 29.6 Å². The summed E-state index contributed by atoms with van der Waals surface area (Å²) in [5.41, 5.74) is 7.60. The summed E-state index contributed by atoms with van der Waals surface area (Å²) in [7, 11) is 0. The second-order valence-electron chi connectivity index (χ2n) is 8.74. The minimum atomic E-state index is -0.815. The summed E-state index contributed by atoms with van der Waals surface area (Å²) in [5, 5.41) is 9.12. The molecule has 6 heteroatoms. The van der Waals surface area contributed by atoms with Crippen LogP contribution < -0.4 is 9.47 Å². The van der Waals surface area contributed by atoms with Gasteiger partial charge in [-0.15, -0.1) is 0 Å². The summed E-state index contributed by atoms with van der Waals surface area (Å²) in [4.78, 5) is 15.5. The Kier molecular flexibility index (Phi) is 5.06. The van der Waals surface area contributed by atoms with Gasteiger partial charge in [-0.05, 0) is 41.2 Å². The van der Waals surface area contributed by atoms with Gasteiger partial charge in [0.05, 0.1) is 13.0 Å². The van der Waals surface area contributed by atoms with E-state index >= 15 is 0 Å². The molecule has 3 aromatic carbocycles. The molecule has 1 aliphatic heterocycles. The standard InChI is InChI=1S/C28H23NO5/c30-28(31)12-17-14-33-27-13-18(8-9-19(17)27)34-26-11-10-22-20(6-3-7-24(22)26)21-4-1-2-5-23(21)25-15-32-16-29-25/h1-9,13,15-17,26H,10-12,14H2,(H,30,31)/t17-,26-/m1/s1. The quantitative estimate of drug-likeness (QED) is 0.384. The smallest absolute Gasteiger partial charge is 0.304 e. The molecule has 34 heavy (non-hydrogen) atoms. The molecule has 0 fully saturated rings. The SMILES string of the molecule is O=C(O)C[C@@H]1COc2cc(O[C@@H]3CCc4c(-c5ccccc5-c5cocn5)cccc43)ccc21. The average molecular weight is 453 g/mol. The van der Waals surface area contributed by atoms with Gasteiger partial charge in [0.2, 0.25) is 0 Å². The van der Waals surface area contributed by atoms with Gasteiger partial charge in [-0.3, -0.25) is 4.79 Å². The van der Waals surface area contributed by atoms with Crippen LogP contribution in [0, 0.1) is 0 Å². The second kappa shape index (κ2) is 8.37. The average Bonchev–Trinajstić information content (AvgIpc) is 3.60. The molecule has 2 atom stereocenters. The van der Waals surface area contributed by atoms with E-state index in [9.17, 15) is 4.79 Å². The van der Waals surface area contributed by atoms with Crippen molar-refractivity contribution < 1.29 is 23.8 Å². The molecular weight excluding hydrogens is 430 g/mol. The van der Waals surface area contributed by atoms with E-state index in [2.05, 4.69) is 35.3 Å². The van der Waals surface area contributed by atoms with E-state index in [1.807, 2.05) is 30.3 Å². The Morgan fingerprint density at radius 3 is 2.71 bits per heavy atom. The summed E-state index contributed by atoms with van der Waals surface area (Å²) in [6.45, 7) is 0.394. The van der Waals surface area contributed by atoms with E-state index in [1.165, 1.54) is 23.1 Å². The molecule has 1 aliphatic carbocycles. The molecule has 4 aromatic rings. The molecule has 0 spiro atoms. The van der Waals surface area contributed by atoms with Crippen LogP contribution in [0.1, 0.15) is 41.6 Å². The summed E-state index contributed by atoms with van der Waals surface area (Å²) in [6.07, 6.45) is 4.95. The van der Waals surface area contributed by atoms with Crippen molar-refractivity contribution in [2.24, 2.45) is 0 Å². The van der Waals surface area contributed by atoms with E-state index in [-0.39, 0.29) is 18.4 Å². The number of fused-ring (bicyclic) bond motifs is 2. The number of carbonyl (C=O) groups is 1. The van der Waals surface area contributed by atoms with Crippen LogP contribution in [-0.4, -0.2) is 22.7 Å². The largest absolute Gasteiger partial charge is 0.492 e. The molecule has 2 heterocycles. The van der Waals surface area contributed by atoms with Crippen molar-refractivity contribution in [1.82, 2.24) is 4.98 Å². The summed E-state index contributed by atoms with van der Waals surface area (Å²) in [5.74, 6) is 0.532. The Labute approximate surface area is 196 Å². The fraction of sp³-hybridized carbons (Fsp3) is 0.214. The highest BCUT2D eigenvalue weighted by Crippen LogP contribution is 2.44. The van der Waals surface area contributed by atoms with E-state index in [4.69, 9.17) is 19.0 Å². The second-order valence-corrected chi connectivity index (χ2v) is 8.74. The lowest BCUT2D eigenvalue weighted by Crippen LogP contribution is -2.07. The van der Waals surface area contributed by atoms with Crippen LogP contribution in [0.25, 0.3) is 22.4 Å². The van der Waals surface area contributed by atoms with Gasteiger partial charge in [-0.25, -0.2) is 4.98 Å². The van der Waals surface area contributed by atoms with E-state index in [0.29, 0.717) is 6.61 Å². The molecule has 0 saturated heterocycles. The zero-order chi connectivity index (χ0) is 23.1. The molecule has 0 radical (unpaired) electrons. The highest BCUT2D eigenvalue weighted by molar-refractivity contribution is 5.84. The lowest BCUT2D eigenvalue weighted by atomic mass is 9.92. The predicted molar refractivity (Wildman–Crippen MR) is 126 cm³/mol. The Hall–Kier alpha value is -4.06. The number of aliphatic carboxylic acids is 1. The first-order chi connectivity index (χ1) is 16.7. The van der Waals surface area contributed by atoms with Crippen LogP contribution in [0.5, 0.6) is 11.5 Å². The highest BCUT2D eigenvalue weighted by Gasteiger charge is 2.30. The molecule has 0 bridgehead atoms. The van der Waals surface area contributed by atoms with Gasteiger partial charge in [-0.1, -0.05) is 48.5 Å². The number of nitrogens with zero attached hydrogens (tertiary/aromatic N) is 1. The van der Waals surface area contributed by atoms with E-state index < -0.39 is 5.97 Å². The molecular formula is C28H23NO5. The van der Waals surface area contributed by atoms with Gasteiger partial charge in [0, 0.05) is 23.1 Å². The maximum Gasteiger partial charge on any atom is 0.304 e. The number of ether oxygens (including phenoxy) is 2. The maximum atomic E-state index is 11.1. The van der Waals surface area contributed by atoms with Gasteiger partial charge in [-0.2, -0.15) is 0 Å². The van der Waals surface area contributed by atoms with Crippen LogP contribution in [0.2, 0.25) is 0 Å². The topological polar surface area (TPSA) is 81.8 Å². The van der Waals surface area contributed by atoms with Crippen LogP contribution in [0.15, 0.2) is 77.7 Å². The minimum absolute atomic E-state index is 0.0524.